The molecule has 0 saturated carbocycles. The van der Waals surface area contributed by atoms with E-state index in [1.54, 1.807) is 22.6 Å². The molecule has 0 saturated heterocycles. The van der Waals surface area contributed by atoms with Crippen LogP contribution in [0.3, 0.4) is 0 Å². The van der Waals surface area contributed by atoms with Crippen LogP contribution in [0.5, 0.6) is 0 Å². The first-order chi connectivity index (χ1) is 6.97. The molecular weight excluding hydrogens is 321 g/mol. The summed E-state index contributed by atoms with van der Waals surface area (Å²) < 4.78 is 29.3. The fourth-order valence-corrected chi connectivity index (χ4v) is 1.77. The average Bonchev–Trinajstić information content (AvgIpc) is 2.14. The number of pyridine rings is 1. The Labute approximate surface area is 98.0 Å². The number of hydrogen-bond acceptors (Lipinski definition) is 4. The number of anilines is 1. The Hall–Kier alpha value is -0.990. The highest BCUT2D eigenvalue weighted by molar-refractivity contribution is 14.1. The van der Waals surface area contributed by atoms with E-state index in [-0.39, 0.29) is 20.6 Å². The molecule has 0 aliphatic heterocycles. The van der Waals surface area contributed by atoms with E-state index in [9.17, 15) is 13.6 Å². The zero-order valence-corrected chi connectivity index (χ0v) is 9.79. The Bertz CT molecular complexity index is 375. The Morgan fingerprint density at radius 2 is 2.27 bits per heavy atom. The van der Waals surface area contributed by atoms with Crippen LogP contribution in [0.15, 0.2) is 6.07 Å². The number of hydrogen-bond donors (Lipinski definition) is 1. The maximum Gasteiger partial charge on any atom is 0.356 e. The standard InChI is InChI=1S/C8H7F2IN2O2/c1-15-8(14)4-2-3(12)5(6(9)10)7(11)13-4/h2,6H,1H3,(H2,12,13). The summed E-state index contributed by atoms with van der Waals surface area (Å²) in [5.74, 6) is -0.708. The van der Waals surface area contributed by atoms with Crippen molar-refractivity contribution >= 4 is 34.2 Å². The number of esters is 1. The maximum absolute atomic E-state index is 12.5. The van der Waals surface area contributed by atoms with Gasteiger partial charge in [0.15, 0.2) is 5.69 Å². The molecule has 0 aromatic carbocycles. The summed E-state index contributed by atoms with van der Waals surface area (Å²) in [5.41, 5.74) is 4.78. The van der Waals surface area contributed by atoms with Gasteiger partial charge in [-0.05, 0) is 28.7 Å². The van der Waals surface area contributed by atoms with Gasteiger partial charge in [0.05, 0.1) is 12.7 Å². The molecule has 1 aromatic rings. The van der Waals surface area contributed by atoms with Crippen molar-refractivity contribution in [3.63, 3.8) is 0 Å². The van der Waals surface area contributed by atoms with E-state index in [2.05, 4.69) is 9.72 Å². The third-order valence-electron chi connectivity index (χ3n) is 1.66. The van der Waals surface area contributed by atoms with E-state index in [4.69, 9.17) is 5.73 Å². The normalized spacial score (nSPS) is 10.5. The van der Waals surface area contributed by atoms with Gasteiger partial charge in [0.2, 0.25) is 0 Å². The number of halogens is 3. The Morgan fingerprint density at radius 1 is 1.67 bits per heavy atom. The van der Waals surface area contributed by atoms with E-state index < -0.39 is 12.4 Å². The van der Waals surface area contributed by atoms with Crippen molar-refractivity contribution in [3.05, 3.63) is 21.0 Å². The first-order valence-electron chi connectivity index (χ1n) is 3.79. The Morgan fingerprint density at radius 3 is 2.67 bits per heavy atom. The predicted molar refractivity (Wildman–Crippen MR) is 57.7 cm³/mol. The number of carbonyl (C=O) groups is 1. The van der Waals surface area contributed by atoms with Crippen LogP contribution in [0, 0.1) is 3.70 Å². The zero-order chi connectivity index (χ0) is 11.6. The first kappa shape index (κ1) is 12.1. The molecule has 1 rings (SSSR count). The molecule has 2 N–H and O–H groups in total. The van der Waals surface area contributed by atoms with Gasteiger partial charge in [-0.15, -0.1) is 0 Å². The van der Waals surface area contributed by atoms with E-state index in [0.29, 0.717) is 0 Å². The smallest absolute Gasteiger partial charge is 0.356 e. The van der Waals surface area contributed by atoms with Gasteiger partial charge in [0.25, 0.3) is 6.43 Å². The minimum Gasteiger partial charge on any atom is -0.464 e. The molecule has 0 radical (unpaired) electrons. The van der Waals surface area contributed by atoms with Crippen LogP contribution in [-0.2, 0) is 4.74 Å². The number of nitrogen functional groups attached to an aromatic ring is 1. The third-order valence-corrected chi connectivity index (χ3v) is 2.48. The second kappa shape index (κ2) is 4.69. The second-order valence-electron chi connectivity index (χ2n) is 2.59. The number of methoxy groups -OCH3 is 1. The summed E-state index contributed by atoms with van der Waals surface area (Å²) in [6, 6.07) is 1.08. The topological polar surface area (TPSA) is 65.2 Å². The highest BCUT2D eigenvalue weighted by atomic mass is 127. The molecule has 15 heavy (non-hydrogen) atoms. The molecule has 4 nitrogen and oxygen atoms in total. The number of aromatic nitrogens is 1. The summed E-state index contributed by atoms with van der Waals surface area (Å²) in [5, 5.41) is 0. The fraction of sp³-hybridized carbons (Fsp3) is 0.250. The summed E-state index contributed by atoms with van der Waals surface area (Å²) in [4.78, 5) is 14.7. The fourth-order valence-electron chi connectivity index (χ4n) is 0.968. The molecule has 0 amide bonds. The molecule has 0 bridgehead atoms. The Balaban J connectivity index is 3.25. The van der Waals surface area contributed by atoms with Crippen molar-refractivity contribution in [3.8, 4) is 0 Å². The van der Waals surface area contributed by atoms with Crippen LogP contribution in [0.1, 0.15) is 22.5 Å². The third kappa shape index (κ3) is 2.52. The van der Waals surface area contributed by atoms with Crippen molar-refractivity contribution < 1.29 is 18.3 Å². The van der Waals surface area contributed by atoms with Crippen LogP contribution >= 0.6 is 22.6 Å². The number of ether oxygens (including phenoxy) is 1. The van der Waals surface area contributed by atoms with Gasteiger partial charge in [-0.3, -0.25) is 0 Å². The quantitative estimate of drug-likeness (QED) is 0.512. The van der Waals surface area contributed by atoms with Crippen LogP contribution in [0.2, 0.25) is 0 Å². The summed E-state index contributed by atoms with van der Waals surface area (Å²) in [7, 11) is 1.17. The van der Waals surface area contributed by atoms with E-state index in [1.165, 1.54) is 7.11 Å². The minimum absolute atomic E-state index is 0.00278. The van der Waals surface area contributed by atoms with E-state index in [0.717, 1.165) is 6.07 Å². The van der Waals surface area contributed by atoms with Crippen molar-refractivity contribution in [1.29, 1.82) is 0 Å². The molecule has 7 heteroatoms. The van der Waals surface area contributed by atoms with Crippen LogP contribution in [0.4, 0.5) is 14.5 Å². The molecular formula is C8H7F2IN2O2. The van der Waals surface area contributed by atoms with Gasteiger partial charge in [0.1, 0.15) is 3.70 Å². The molecule has 0 spiro atoms. The van der Waals surface area contributed by atoms with Crippen LogP contribution in [0.25, 0.3) is 0 Å². The highest BCUT2D eigenvalue weighted by Crippen LogP contribution is 2.29. The lowest BCUT2D eigenvalue weighted by molar-refractivity contribution is 0.0593. The largest absolute Gasteiger partial charge is 0.464 e. The number of nitrogens with zero attached hydrogens (tertiary/aromatic N) is 1. The summed E-state index contributed by atoms with van der Waals surface area (Å²) in [6.45, 7) is 0. The van der Waals surface area contributed by atoms with Gasteiger partial charge in [0, 0.05) is 5.69 Å². The lowest BCUT2D eigenvalue weighted by Gasteiger charge is -2.08. The molecule has 1 heterocycles. The molecule has 0 unspecified atom stereocenters. The number of rotatable bonds is 2. The average molecular weight is 328 g/mol. The summed E-state index contributed by atoms with van der Waals surface area (Å²) in [6.07, 6.45) is -2.71. The van der Waals surface area contributed by atoms with Gasteiger partial charge < -0.3 is 10.5 Å². The van der Waals surface area contributed by atoms with Crippen molar-refractivity contribution in [2.24, 2.45) is 0 Å². The number of nitrogens with two attached hydrogens (primary N) is 1. The van der Waals surface area contributed by atoms with Gasteiger partial charge in [-0.2, -0.15) is 0 Å². The van der Waals surface area contributed by atoms with Gasteiger partial charge in [-0.25, -0.2) is 18.6 Å². The maximum atomic E-state index is 12.5. The van der Waals surface area contributed by atoms with E-state index >= 15 is 0 Å². The van der Waals surface area contributed by atoms with Crippen LogP contribution < -0.4 is 5.73 Å². The molecule has 0 atom stereocenters. The summed E-state index contributed by atoms with van der Waals surface area (Å²) >= 11 is 1.60. The molecule has 82 valence electrons. The van der Waals surface area contributed by atoms with Gasteiger partial charge in [-0.1, -0.05) is 0 Å². The van der Waals surface area contributed by atoms with E-state index in [1.807, 2.05) is 0 Å². The lowest BCUT2D eigenvalue weighted by Crippen LogP contribution is -2.09. The monoisotopic (exact) mass is 328 g/mol. The van der Waals surface area contributed by atoms with Gasteiger partial charge >= 0.3 is 5.97 Å². The second-order valence-corrected chi connectivity index (χ2v) is 3.62. The molecule has 0 aliphatic rings. The molecule has 0 fully saturated rings. The van der Waals surface area contributed by atoms with Crippen molar-refractivity contribution in [1.82, 2.24) is 4.98 Å². The number of alkyl halides is 2. The van der Waals surface area contributed by atoms with Crippen molar-refractivity contribution in [2.75, 3.05) is 12.8 Å². The minimum atomic E-state index is -2.71. The number of carbonyl (C=O) groups excluding carboxylic acids is 1. The predicted octanol–water partition coefficient (Wildman–Crippen LogP) is 1.99. The molecule has 1 aromatic heterocycles. The SMILES string of the molecule is COC(=O)c1cc(N)c(C(F)F)c(I)n1. The zero-order valence-electron chi connectivity index (χ0n) is 7.63. The highest BCUT2D eigenvalue weighted by Gasteiger charge is 2.20. The molecule has 0 aliphatic carbocycles. The lowest BCUT2D eigenvalue weighted by atomic mass is 10.2. The Kier molecular flexibility index (Phi) is 3.77. The first-order valence-corrected chi connectivity index (χ1v) is 4.87. The van der Waals surface area contributed by atoms with Crippen LogP contribution in [-0.4, -0.2) is 18.1 Å². The van der Waals surface area contributed by atoms with Crippen molar-refractivity contribution in [2.45, 2.75) is 6.43 Å².